The van der Waals surface area contributed by atoms with E-state index < -0.39 is 21.8 Å². The minimum atomic E-state index is -3.77. The number of amides is 1. The smallest absolute Gasteiger partial charge is 0.243 e. The van der Waals surface area contributed by atoms with Gasteiger partial charge in [0.25, 0.3) is 0 Å². The molecule has 1 N–H and O–H groups in total. The summed E-state index contributed by atoms with van der Waals surface area (Å²) in [6.07, 6.45) is 1.15. The summed E-state index contributed by atoms with van der Waals surface area (Å²) in [5, 5.41) is 2.77. The average molecular weight is 394 g/mol. The summed E-state index contributed by atoms with van der Waals surface area (Å²) >= 11 is 0. The second kappa shape index (κ2) is 8.14. The van der Waals surface area contributed by atoms with Gasteiger partial charge in [0.1, 0.15) is 11.6 Å². The van der Waals surface area contributed by atoms with Gasteiger partial charge in [-0.25, -0.2) is 17.2 Å². The van der Waals surface area contributed by atoms with Crippen LogP contribution in [-0.2, 0) is 21.4 Å². The summed E-state index contributed by atoms with van der Waals surface area (Å²) in [5.74, 6) is -1.56. The summed E-state index contributed by atoms with van der Waals surface area (Å²) in [5.41, 5.74) is 0.761. The van der Waals surface area contributed by atoms with Gasteiger partial charge in [-0.15, -0.1) is 0 Å². The Balaban J connectivity index is 1.63. The van der Waals surface area contributed by atoms with Crippen molar-refractivity contribution in [3.05, 3.63) is 65.7 Å². The molecule has 0 radical (unpaired) electrons. The lowest BCUT2D eigenvalue weighted by Crippen LogP contribution is -2.45. The highest BCUT2D eigenvalue weighted by atomic mass is 32.2. The minimum absolute atomic E-state index is 0.0104. The standard InChI is InChI=1S/C19H20F2N2O3S/c20-16-5-3-14(4-6-16)12-22-19(24)15-2-1-11-23(13-15)27(25,26)18-9-7-17(21)8-10-18/h3-10,15H,1-2,11-13H2,(H,22,24). The molecule has 1 aliphatic heterocycles. The number of benzene rings is 2. The Hall–Kier alpha value is -2.32. The molecular formula is C19H20F2N2O3S. The molecule has 2 aromatic carbocycles. The quantitative estimate of drug-likeness (QED) is 0.848. The molecule has 1 saturated heterocycles. The largest absolute Gasteiger partial charge is 0.352 e. The van der Waals surface area contributed by atoms with Gasteiger partial charge >= 0.3 is 0 Å². The molecule has 5 nitrogen and oxygen atoms in total. The maximum Gasteiger partial charge on any atom is 0.243 e. The van der Waals surface area contributed by atoms with Gasteiger partial charge < -0.3 is 5.32 Å². The van der Waals surface area contributed by atoms with Crippen LogP contribution in [0.1, 0.15) is 18.4 Å². The van der Waals surface area contributed by atoms with Gasteiger partial charge in [-0.2, -0.15) is 4.31 Å². The molecular weight excluding hydrogens is 374 g/mol. The molecule has 8 heteroatoms. The highest BCUT2D eigenvalue weighted by molar-refractivity contribution is 7.89. The molecule has 0 aliphatic carbocycles. The first-order valence-electron chi connectivity index (χ1n) is 8.64. The van der Waals surface area contributed by atoms with Crippen LogP contribution in [0.2, 0.25) is 0 Å². The van der Waals surface area contributed by atoms with Crippen LogP contribution in [0.5, 0.6) is 0 Å². The fraction of sp³-hybridized carbons (Fsp3) is 0.316. The van der Waals surface area contributed by atoms with Crippen LogP contribution in [-0.4, -0.2) is 31.7 Å². The number of nitrogens with one attached hydrogen (secondary N) is 1. The van der Waals surface area contributed by atoms with Crippen molar-refractivity contribution in [1.82, 2.24) is 9.62 Å². The van der Waals surface area contributed by atoms with Crippen LogP contribution in [0.3, 0.4) is 0 Å². The molecule has 0 aromatic heterocycles. The zero-order valence-corrected chi connectivity index (χ0v) is 15.4. The molecule has 1 amide bonds. The summed E-state index contributed by atoms with van der Waals surface area (Å²) in [4.78, 5) is 12.4. The van der Waals surface area contributed by atoms with Gasteiger partial charge in [0, 0.05) is 19.6 Å². The Labute approximate surface area is 157 Å². The van der Waals surface area contributed by atoms with E-state index in [1.807, 2.05) is 0 Å². The molecule has 27 heavy (non-hydrogen) atoms. The fourth-order valence-corrected chi connectivity index (χ4v) is 4.59. The van der Waals surface area contributed by atoms with Gasteiger partial charge in [0.2, 0.25) is 15.9 Å². The Kier molecular flexibility index (Phi) is 5.86. The van der Waals surface area contributed by atoms with E-state index in [1.54, 1.807) is 12.1 Å². The molecule has 144 valence electrons. The van der Waals surface area contributed by atoms with E-state index in [-0.39, 0.29) is 29.7 Å². The normalized spacial score (nSPS) is 18.2. The van der Waals surface area contributed by atoms with Gasteiger partial charge in [0.15, 0.2) is 0 Å². The highest BCUT2D eigenvalue weighted by Crippen LogP contribution is 2.24. The first kappa shape index (κ1) is 19.4. The third-order valence-electron chi connectivity index (χ3n) is 4.59. The lowest BCUT2D eigenvalue weighted by atomic mass is 9.99. The van der Waals surface area contributed by atoms with Crippen molar-refractivity contribution in [2.45, 2.75) is 24.3 Å². The second-order valence-corrected chi connectivity index (χ2v) is 8.44. The number of sulfonamides is 1. The summed E-state index contributed by atoms with van der Waals surface area (Å²) in [7, 11) is -3.77. The zero-order chi connectivity index (χ0) is 19.4. The summed E-state index contributed by atoms with van der Waals surface area (Å²) < 4.78 is 52.7. The van der Waals surface area contributed by atoms with E-state index in [0.29, 0.717) is 19.4 Å². The third kappa shape index (κ3) is 4.70. The SMILES string of the molecule is O=C(NCc1ccc(F)cc1)C1CCCN(S(=O)(=O)c2ccc(F)cc2)C1. The molecule has 0 saturated carbocycles. The Bertz CT molecular complexity index is 900. The number of rotatable bonds is 5. The van der Waals surface area contributed by atoms with Gasteiger partial charge in [-0.05, 0) is 54.8 Å². The Morgan fingerprint density at radius 2 is 1.63 bits per heavy atom. The van der Waals surface area contributed by atoms with Crippen molar-refractivity contribution >= 4 is 15.9 Å². The topological polar surface area (TPSA) is 66.5 Å². The molecule has 0 bridgehead atoms. The van der Waals surface area contributed by atoms with Crippen LogP contribution in [0.25, 0.3) is 0 Å². The highest BCUT2D eigenvalue weighted by Gasteiger charge is 2.33. The maximum atomic E-state index is 13.0. The predicted molar refractivity (Wildman–Crippen MR) is 96.1 cm³/mol. The van der Waals surface area contributed by atoms with Crippen LogP contribution in [0.15, 0.2) is 53.4 Å². The lowest BCUT2D eigenvalue weighted by molar-refractivity contribution is -0.126. The minimum Gasteiger partial charge on any atom is -0.352 e. The molecule has 1 heterocycles. The van der Waals surface area contributed by atoms with Gasteiger partial charge in [0.05, 0.1) is 10.8 Å². The molecule has 2 aromatic rings. The first-order chi connectivity index (χ1) is 12.9. The Morgan fingerprint density at radius 1 is 1.04 bits per heavy atom. The van der Waals surface area contributed by atoms with Crippen molar-refractivity contribution in [2.75, 3.05) is 13.1 Å². The van der Waals surface area contributed by atoms with E-state index in [4.69, 9.17) is 0 Å². The van der Waals surface area contributed by atoms with E-state index in [9.17, 15) is 22.0 Å². The zero-order valence-electron chi connectivity index (χ0n) is 14.6. The van der Waals surface area contributed by atoms with E-state index in [1.165, 1.54) is 28.6 Å². The van der Waals surface area contributed by atoms with Crippen LogP contribution >= 0.6 is 0 Å². The van der Waals surface area contributed by atoms with E-state index in [2.05, 4.69) is 5.32 Å². The summed E-state index contributed by atoms with van der Waals surface area (Å²) in [6.45, 7) is 0.650. The third-order valence-corrected chi connectivity index (χ3v) is 6.47. The maximum absolute atomic E-state index is 13.0. The number of piperidine rings is 1. The van der Waals surface area contributed by atoms with Crippen LogP contribution < -0.4 is 5.32 Å². The lowest BCUT2D eigenvalue weighted by Gasteiger charge is -2.31. The average Bonchev–Trinajstić information content (AvgIpc) is 2.68. The number of hydrogen-bond acceptors (Lipinski definition) is 3. The molecule has 1 aliphatic rings. The van der Waals surface area contributed by atoms with Crippen molar-refractivity contribution in [1.29, 1.82) is 0 Å². The molecule has 1 atom stereocenters. The van der Waals surface area contributed by atoms with Crippen molar-refractivity contribution < 1.29 is 22.0 Å². The first-order valence-corrected chi connectivity index (χ1v) is 10.1. The molecule has 0 spiro atoms. The van der Waals surface area contributed by atoms with Crippen LogP contribution in [0, 0.1) is 17.6 Å². The van der Waals surface area contributed by atoms with E-state index in [0.717, 1.165) is 17.7 Å². The van der Waals surface area contributed by atoms with Gasteiger partial charge in [-0.3, -0.25) is 4.79 Å². The van der Waals surface area contributed by atoms with E-state index >= 15 is 0 Å². The second-order valence-electron chi connectivity index (χ2n) is 6.50. The number of halogens is 2. The number of hydrogen-bond donors (Lipinski definition) is 1. The number of nitrogens with zero attached hydrogens (tertiary/aromatic N) is 1. The number of carbonyl (C=O) groups excluding carboxylic acids is 1. The fourth-order valence-electron chi connectivity index (χ4n) is 3.07. The van der Waals surface area contributed by atoms with Crippen molar-refractivity contribution in [2.24, 2.45) is 5.92 Å². The van der Waals surface area contributed by atoms with Crippen molar-refractivity contribution in [3.8, 4) is 0 Å². The molecule has 3 rings (SSSR count). The summed E-state index contributed by atoms with van der Waals surface area (Å²) in [6, 6.07) is 10.5. The monoisotopic (exact) mass is 394 g/mol. The Morgan fingerprint density at radius 3 is 2.26 bits per heavy atom. The molecule has 1 unspecified atom stereocenters. The molecule has 1 fully saturated rings. The van der Waals surface area contributed by atoms with Crippen LogP contribution in [0.4, 0.5) is 8.78 Å². The number of carbonyl (C=O) groups is 1. The van der Waals surface area contributed by atoms with Crippen molar-refractivity contribution in [3.63, 3.8) is 0 Å². The predicted octanol–water partition coefficient (Wildman–Crippen LogP) is 2.68. The van der Waals surface area contributed by atoms with Gasteiger partial charge in [-0.1, -0.05) is 12.1 Å².